The van der Waals surface area contributed by atoms with Crippen LogP contribution in [0.5, 0.6) is 0 Å². The number of carboxylic acids is 1. The number of carbonyl (C=O) groups excluding carboxylic acids is 1. The van der Waals surface area contributed by atoms with Crippen LogP contribution >= 0.6 is 0 Å². The van der Waals surface area contributed by atoms with E-state index in [1.165, 1.54) is 14.0 Å². The van der Waals surface area contributed by atoms with E-state index in [-0.39, 0.29) is 0 Å². The summed E-state index contributed by atoms with van der Waals surface area (Å²) in [6.07, 6.45) is -0.477. The van der Waals surface area contributed by atoms with E-state index in [2.05, 4.69) is 9.99 Å². The number of carboxylic acid groups (broad SMARTS) is 1. The summed E-state index contributed by atoms with van der Waals surface area (Å²) < 4.78 is 24.2. The number of hydrogen-bond donors (Lipinski definition) is 2. The van der Waals surface area contributed by atoms with Gasteiger partial charge in [0.05, 0.1) is 12.3 Å². The van der Waals surface area contributed by atoms with E-state index < -0.39 is 49.9 Å². The Morgan fingerprint density at radius 2 is 2.00 bits per heavy atom. The molecule has 1 aromatic carbocycles. The summed E-state index contributed by atoms with van der Waals surface area (Å²) in [6, 6.07) is 6.51. The summed E-state index contributed by atoms with van der Waals surface area (Å²) in [5.74, 6) is -3.47. The second-order valence-corrected chi connectivity index (χ2v) is 8.86. The van der Waals surface area contributed by atoms with Crippen LogP contribution in [0.4, 0.5) is 0 Å². The predicted molar refractivity (Wildman–Crippen MR) is 89.8 cm³/mol. The Labute approximate surface area is 149 Å². The number of aliphatic hydroxyl groups is 1. The SMILES string of the molecule is CO/N=C/[C@@]1(C)[C@H](C(=O)O)N2C(=O)[C@@H]([C@@H](O)c3ccccc3)[C@H]2S1(=O)=O. The monoisotopic (exact) mass is 382 g/mol. The molecule has 0 saturated carbocycles. The molecule has 0 bridgehead atoms. The van der Waals surface area contributed by atoms with Gasteiger partial charge in [-0.2, -0.15) is 0 Å². The Bertz CT molecular complexity index is 870. The number of oxime groups is 1. The molecule has 0 unspecified atom stereocenters. The average molecular weight is 382 g/mol. The van der Waals surface area contributed by atoms with E-state index in [1.807, 2.05) is 0 Å². The molecule has 0 spiro atoms. The molecule has 0 aliphatic carbocycles. The first-order valence-corrected chi connectivity index (χ1v) is 9.32. The fourth-order valence-corrected chi connectivity index (χ4v) is 6.04. The number of amides is 1. The van der Waals surface area contributed by atoms with Gasteiger partial charge in [0, 0.05) is 0 Å². The molecule has 9 nitrogen and oxygen atoms in total. The van der Waals surface area contributed by atoms with E-state index in [0.717, 1.165) is 11.1 Å². The van der Waals surface area contributed by atoms with Gasteiger partial charge in [-0.1, -0.05) is 35.5 Å². The van der Waals surface area contributed by atoms with Crippen molar-refractivity contribution in [1.29, 1.82) is 0 Å². The minimum absolute atomic E-state index is 0.381. The van der Waals surface area contributed by atoms with Crippen molar-refractivity contribution in [3.05, 3.63) is 35.9 Å². The van der Waals surface area contributed by atoms with Gasteiger partial charge < -0.3 is 20.0 Å². The first-order valence-electron chi connectivity index (χ1n) is 7.77. The summed E-state index contributed by atoms with van der Waals surface area (Å²) in [6.45, 7) is 1.18. The van der Waals surface area contributed by atoms with Gasteiger partial charge in [-0.25, -0.2) is 13.2 Å². The van der Waals surface area contributed by atoms with Gasteiger partial charge in [0.25, 0.3) is 0 Å². The van der Waals surface area contributed by atoms with E-state index in [4.69, 9.17) is 0 Å². The molecular formula is C16H18N2O7S. The molecule has 1 amide bonds. The summed E-state index contributed by atoms with van der Waals surface area (Å²) in [5, 5.41) is 22.1. The fourth-order valence-electron chi connectivity index (χ4n) is 3.63. The van der Waals surface area contributed by atoms with Crippen molar-refractivity contribution < 1.29 is 33.1 Å². The van der Waals surface area contributed by atoms with Crippen LogP contribution in [0.3, 0.4) is 0 Å². The molecule has 0 aromatic heterocycles. The van der Waals surface area contributed by atoms with E-state index in [0.29, 0.717) is 5.56 Å². The molecule has 140 valence electrons. The van der Waals surface area contributed by atoms with Gasteiger partial charge in [-0.05, 0) is 12.5 Å². The van der Waals surface area contributed by atoms with Gasteiger partial charge >= 0.3 is 5.97 Å². The molecule has 2 heterocycles. The van der Waals surface area contributed by atoms with Crippen molar-refractivity contribution in [2.24, 2.45) is 11.1 Å². The van der Waals surface area contributed by atoms with Crippen LogP contribution in [-0.2, 0) is 24.3 Å². The van der Waals surface area contributed by atoms with Gasteiger partial charge in [-0.3, -0.25) is 4.79 Å². The van der Waals surface area contributed by atoms with Gasteiger partial charge in [0.2, 0.25) is 5.91 Å². The highest BCUT2D eigenvalue weighted by Crippen LogP contribution is 2.51. The maximum atomic E-state index is 13.1. The molecule has 2 aliphatic rings. The quantitative estimate of drug-likeness (QED) is 0.408. The number of hydrogen-bond acceptors (Lipinski definition) is 7. The zero-order valence-corrected chi connectivity index (χ0v) is 14.8. The lowest BCUT2D eigenvalue weighted by atomic mass is 9.85. The fraction of sp³-hybridized carbons (Fsp3) is 0.438. The van der Waals surface area contributed by atoms with Crippen LogP contribution in [-0.4, -0.2) is 64.9 Å². The molecular weight excluding hydrogens is 364 g/mol. The number of aliphatic carboxylic acids is 1. The van der Waals surface area contributed by atoms with Crippen LogP contribution in [0.2, 0.25) is 0 Å². The number of β-lactam (4-membered cyclic amide) rings is 1. The number of fused-ring (bicyclic) bond motifs is 1. The minimum Gasteiger partial charge on any atom is -0.480 e. The first kappa shape index (κ1) is 18.3. The Balaban J connectivity index is 2.07. The van der Waals surface area contributed by atoms with Crippen molar-refractivity contribution in [2.75, 3.05) is 7.11 Å². The number of benzene rings is 1. The Hall–Kier alpha value is -2.46. The Morgan fingerprint density at radius 1 is 1.38 bits per heavy atom. The number of aliphatic hydroxyl groups excluding tert-OH is 1. The van der Waals surface area contributed by atoms with Crippen molar-refractivity contribution in [2.45, 2.75) is 29.2 Å². The summed E-state index contributed by atoms with van der Waals surface area (Å²) in [4.78, 5) is 29.6. The lowest BCUT2D eigenvalue weighted by molar-refractivity contribution is -0.168. The highest BCUT2D eigenvalue weighted by Gasteiger charge is 2.74. The standard InChI is InChI=1S/C16H18N2O7S/c1-16(8-17-25-2)12(15(21)22)18-13(20)10(14(18)26(16,23)24)11(19)9-6-4-3-5-7-9/h3-8,10-12,14,19H,1-2H3,(H,21,22)/b17-8+/t10-,11+,12+,14-,16+/m1/s1. The lowest BCUT2D eigenvalue weighted by Gasteiger charge is -2.44. The first-order chi connectivity index (χ1) is 12.2. The van der Waals surface area contributed by atoms with Gasteiger partial charge in [-0.15, -0.1) is 0 Å². The minimum atomic E-state index is -4.19. The van der Waals surface area contributed by atoms with Crippen LogP contribution in [0.25, 0.3) is 0 Å². The zero-order chi connectivity index (χ0) is 19.3. The molecule has 2 fully saturated rings. The number of carbonyl (C=O) groups is 2. The third-order valence-electron chi connectivity index (χ3n) is 5.00. The van der Waals surface area contributed by atoms with E-state index >= 15 is 0 Å². The highest BCUT2D eigenvalue weighted by atomic mass is 32.2. The molecule has 3 rings (SSSR count). The topological polar surface area (TPSA) is 134 Å². The molecule has 10 heteroatoms. The van der Waals surface area contributed by atoms with Crippen LogP contribution in [0, 0.1) is 5.92 Å². The van der Waals surface area contributed by atoms with Crippen LogP contribution in [0.15, 0.2) is 35.5 Å². The molecule has 0 radical (unpaired) electrons. The number of nitrogens with zero attached hydrogens (tertiary/aromatic N) is 2. The molecule has 2 N–H and O–H groups in total. The average Bonchev–Trinajstić information content (AvgIpc) is 2.76. The lowest BCUT2D eigenvalue weighted by Crippen LogP contribution is -2.65. The maximum Gasteiger partial charge on any atom is 0.328 e. The second kappa shape index (κ2) is 6.06. The highest BCUT2D eigenvalue weighted by molar-refractivity contribution is 7.94. The third-order valence-corrected chi connectivity index (χ3v) is 7.71. The van der Waals surface area contributed by atoms with Gasteiger partial charge in [0.1, 0.15) is 17.8 Å². The summed E-state index contributed by atoms with van der Waals surface area (Å²) >= 11 is 0. The molecule has 2 saturated heterocycles. The van der Waals surface area contributed by atoms with Crippen LogP contribution < -0.4 is 0 Å². The predicted octanol–water partition coefficient (Wildman–Crippen LogP) is -0.223. The normalized spacial score (nSPS) is 33.6. The Kier molecular flexibility index (Phi) is 4.27. The number of sulfone groups is 1. The number of rotatable bonds is 5. The maximum absolute atomic E-state index is 13.1. The zero-order valence-electron chi connectivity index (χ0n) is 14.0. The van der Waals surface area contributed by atoms with Crippen molar-refractivity contribution in [1.82, 2.24) is 4.90 Å². The van der Waals surface area contributed by atoms with E-state index in [9.17, 15) is 28.2 Å². The van der Waals surface area contributed by atoms with Crippen molar-refractivity contribution in [3.8, 4) is 0 Å². The van der Waals surface area contributed by atoms with Gasteiger partial charge in [0.15, 0.2) is 21.3 Å². The summed E-state index contributed by atoms with van der Waals surface area (Å²) in [7, 11) is -3.00. The Morgan fingerprint density at radius 3 is 2.54 bits per heavy atom. The second-order valence-electron chi connectivity index (χ2n) is 6.40. The largest absolute Gasteiger partial charge is 0.480 e. The van der Waals surface area contributed by atoms with Crippen molar-refractivity contribution >= 4 is 27.9 Å². The molecule has 1 aromatic rings. The molecule has 26 heavy (non-hydrogen) atoms. The molecule has 5 atom stereocenters. The molecule has 2 aliphatic heterocycles. The third kappa shape index (κ3) is 2.25. The summed E-state index contributed by atoms with van der Waals surface area (Å²) in [5.41, 5.74) is 0.381. The van der Waals surface area contributed by atoms with Crippen LogP contribution in [0.1, 0.15) is 18.6 Å². The smallest absolute Gasteiger partial charge is 0.328 e. The van der Waals surface area contributed by atoms with Crippen molar-refractivity contribution in [3.63, 3.8) is 0 Å². The van der Waals surface area contributed by atoms with E-state index in [1.54, 1.807) is 30.3 Å².